The minimum atomic E-state index is -0.470. The molecular weight excluding hydrogens is 325 g/mol. The first kappa shape index (κ1) is 16.3. The summed E-state index contributed by atoms with van der Waals surface area (Å²) in [7, 11) is 1.49. The van der Waals surface area contributed by atoms with Crippen LogP contribution in [-0.4, -0.2) is 28.1 Å². The van der Waals surface area contributed by atoms with Gasteiger partial charge in [0.05, 0.1) is 12.8 Å². The zero-order valence-electron chi connectivity index (χ0n) is 13.2. The van der Waals surface area contributed by atoms with Crippen LogP contribution in [0.4, 0.5) is 20.7 Å². The molecule has 2 N–H and O–H groups in total. The molecule has 0 aliphatic heterocycles. The molecule has 8 heteroatoms. The van der Waals surface area contributed by atoms with Gasteiger partial charge in [-0.25, -0.2) is 19.2 Å². The normalized spacial score (nSPS) is 10.2. The van der Waals surface area contributed by atoms with Gasteiger partial charge in [0.25, 0.3) is 0 Å². The number of nitrogens with zero attached hydrogens (tertiary/aromatic N) is 3. The van der Waals surface area contributed by atoms with Crippen LogP contribution in [0.25, 0.3) is 11.3 Å². The van der Waals surface area contributed by atoms with Gasteiger partial charge >= 0.3 is 6.03 Å². The van der Waals surface area contributed by atoms with Gasteiger partial charge in [0.15, 0.2) is 0 Å². The standard InChI is InChI=1S/C17H14FN5O2/c1-25-15-3-2-11(18)8-13(15)14-9-16(21-10-20-14)23-17(24)22-12-4-6-19-7-5-12/h2-10H,1H3,(H2,19,20,21,22,23,24). The Morgan fingerprint density at radius 1 is 1.08 bits per heavy atom. The molecule has 0 spiro atoms. The first-order valence-electron chi connectivity index (χ1n) is 7.29. The van der Waals surface area contributed by atoms with E-state index in [0.717, 1.165) is 0 Å². The molecule has 2 amide bonds. The SMILES string of the molecule is COc1ccc(F)cc1-c1cc(NC(=O)Nc2ccncc2)ncn1. The zero-order chi connectivity index (χ0) is 17.6. The number of hydrogen-bond acceptors (Lipinski definition) is 5. The summed E-state index contributed by atoms with van der Waals surface area (Å²) in [6.07, 6.45) is 4.41. The van der Waals surface area contributed by atoms with Crippen LogP contribution in [0.1, 0.15) is 0 Å². The van der Waals surface area contributed by atoms with Crippen LogP contribution in [0.5, 0.6) is 5.75 Å². The number of methoxy groups -OCH3 is 1. The van der Waals surface area contributed by atoms with Gasteiger partial charge in [-0.1, -0.05) is 0 Å². The molecule has 0 saturated carbocycles. The van der Waals surface area contributed by atoms with E-state index in [1.54, 1.807) is 24.5 Å². The molecular formula is C17H14FN5O2. The molecule has 0 bridgehead atoms. The first-order chi connectivity index (χ1) is 12.2. The average Bonchev–Trinajstić information content (AvgIpc) is 2.62. The quantitative estimate of drug-likeness (QED) is 0.761. The van der Waals surface area contributed by atoms with Crippen molar-refractivity contribution in [3.63, 3.8) is 0 Å². The number of carbonyl (C=O) groups is 1. The van der Waals surface area contributed by atoms with E-state index in [1.165, 1.54) is 37.7 Å². The summed E-state index contributed by atoms with van der Waals surface area (Å²) in [5.41, 5.74) is 1.47. The third-order valence-electron chi connectivity index (χ3n) is 3.28. The Kier molecular flexibility index (Phi) is 4.79. The number of carbonyl (C=O) groups excluding carboxylic acids is 1. The van der Waals surface area contributed by atoms with Crippen LogP contribution >= 0.6 is 0 Å². The monoisotopic (exact) mass is 339 g/mol. The van der Waals surface area contributed by atoms with E-state index in [9.17, 15) is 9.18 Å². The predicted octanol–water partition coefficient (Wildman–Crippen LogP) is 3.33. The number of ether oxygens (including phenoxy) is 1. The molecule has 7 nitrogen and oxygen atoms in total. The molecule has 126 valence electrons. The van der Waals surface area contributed by atoms with Crippen LogP contribution in [-0.2, 0) is 0 Å². The summed E-state index contributed by atoms with van der Waals surface area (Å²) in [5, 5.41) is 5.24. The zero-order valence-corrected chi connectivity index (χ0v) is 13.2. The molecule has 0 unspecified atom stereocenters. The third-order valence-corrected chi connectivity index (χ3v) is 3.28. The van der Waals surface area contributed by atoms with Crippen molar-refractivity contribution >= 4 is 17.5 Å². The predicted molar refractivity (Wildman–Crippen MR) is 90.9 cm³/mol. The van der Waals surface area contributed by atoms with Crippen LogP contribution in [0.3, 0.4) is 0 Å². The maximum Gasteiger partial charge on any atom is 0.324 e. The molecule has 0 atom stereocenters. The van der Waals surface area contributed by atoms with E-state index in [-0.39, 0.29) is 5.82 Å². The number of nitrogens with one attached hydrogen (secondary N) is 2. The lowest BCUT2D eigenvalue weighted by atomic mass is 10.1. The van der Waals surface area contributed by atoms with Crippen LogP contribution in [0.2, 0.25) is 0 Å². The second kappa shape index (κ2) is 7.35. The Labute approximate surface area is 142 Å². The third kappa shape index (κ3) is 4.05. The second-order valence-corrected chi connectivity index (χ2v) is 4.95. The highest BCUT2D eigenvalue weighted by atomic mass is 19.1. The number of rotatable bonds is 4. The van der Waals surface area contributed by atoms with Crippen molar-refractivity contribution in [1.29, 1.82) is 0 Å². The van der Waals surface area contributed by atoms with E-state index in [4.69, 9.17) is 4.74 Å². The summed E-state index contributed by atoms with van der Waals surface area (Å²) < 4.78 is 18.8. The molecule has 3 rings (SSSR count). The van der Waals surface area contributed by atoms with Gasteiger partial charge in [-0.2, -0.15) is 0 Å². The fraction of sp³-hybridized carbons (Fsp3) is 0.0588. The topological polar surface area (TPSA) is 89.0 Å². The Morgan fingerprint density at radius 3 is 2.64 bits per heavy atom. The molecule has 0 fully saturated rings. The molecule has 3 aromatic rings. The van der Waals surface area contributed by atoms with Gasteiger partial charge in [0, 0.05) is 29.7 Å². The van der Waals surface area contributed by atoms with Crippen molar-refractivity contribution < 1.29 is 13.9 Å². The number of aromatic nitrogens is 3. The van der Waals surface area contributed by atoms with Crippen LogP contribution in [0, 0.1) is 5.82 Å². The Balaban J connectivity index is 1.80. The van der Waals surface area contributed by atoms with Gasteiger partial charge < -0.3 is 10.1 Å². The molecule has 1 aromatic carbocycles. The minimum absolute atomic E-state index is 0.267. The van der Waals surface area contributed by atoms with Crippen molar-refractivity contribution in [2.45, 2.75) is 0 Å². The highest BCUT2D eigenvalue weighted by Gasteiger charge is 2.11. The van der Waals surface area contributed by atoms with Crippen molar-refractivity contribution in [2.24, 2.45) is 0 Å². The number of pyridine rings is 1. The first-order valence-corrected chi connectivity index (χ1v) is 7.29. The Bertz CT molecular complexity index is 889. The minimum Gasteiger partial charge on any atom is -0.496 e. The van der Waals surface area contributed by atoms with Crippen molar-refractivity contribution in [2.75, 3.05) is 17.7 Å². The van der Waals surface area contributed by atoms with Crippen molar-refractivity contribution in [3.05, 3.63) is 60.9 Å². The fourth-order valence-corrected chi connectivity index (χ4v) is 2.17. The smallest absolute Gasteiger partial charge is 0.324 e. The fourth-order valence-electron chi connectivity index (χ4n) is 2.17. The van der Waals surface area contributed by atoms with Gasteiger partial charge in [0.1, 0.15) is 23.7 Å². The average molecular weight is 339 g/mol. The van der Waals surface area contributed by atoms with E-state index < -0.39 is 11.8 Å². The van der Waals surface area contributed by atoms with Crippen LogP contribution < -0.4 is 15.4 Å². The number of halogens is 1. The lowest BCUT2D eigenvalue weighted by Crippen LogP contribution is -2.20. The lowest BCUT2D eigenvalue weighted by molar-refractivity contribution is 0.262. The number of hydrogen-bond donors (Lipinski definition) is 2. The van der Waals surface area contributed by atoms with E-state index in [2.05, 4.69) is 25.6 Å². The van der Waals surface area contributed by atoms with Gasteiger partial charge in [-0.3, -0.25) is 10.3 Å². The Morgan fingerprint density at radius 2 is 1.88 bits per heavy atom. The summed E-state index contributed by atoms with van der Waals surface area (Å²) in [5.74, 6) is 0.314. The van der Waals surface area contributed by atoms with E-state index in [0.29, 0.717) is 22.7 Å². The van der Waals surface area contributed by atoms with E-state index in [1.807, 2.05) is 0 Å². The molecule has 2 aromatic heterocycles. The van der Waals surface area contributed by atoms with E-state index >= 15 is 0 Å². The Hall–Kier alpha value is -3.55. The summed E-state index contributed by atoms with van der Waals surface area (Å²) >= 11 is 0. The maximum atomic E-state index is 13.5. The number of amides is 2. The molecule has 25 heavy (non-hydrogen) atoms. The highest BCUT2D eigenvalue weighted by Crippen LogP contribution is 2.29. The number of anilines is 2. The number of benzene rings is 1. The summed E-state index contributed by atoms with van der Waals surface area (Å²) in [4.78, 5) is 24.0. The van der Waals surface area contributed by atoms with Crippen LogP contribution in [0.15, 0.2) is 55.1 Å². The molecule has 2 heterocycles. The second-order valence-electron chi connectivity index (χ2n) is 4.95. The summed E-state index contributed by atoms with van der Waals surface area (Å²) in [6, 6.07) is 8.49. The molecule has 0 aliphatic rings. The lowest BCUT2D eigenvalue weighted by Gasteiger charge is -2.10. The van der Waals surface area contributed by atoms with Crippen molar-refractivity contribution in [3.8, 4) is 17.0 Å². The van der Waals surface area contributed by atoms with Gasteiger partial charge in [-0.15, -0.1) is 0 Å². The molecule has 0 saturated heterocycles. The molecule has 0 aliphatic carbocycles. The largest absolute Gasteiger partial charge is 0.496 e. The number of urea groups is 1. The van der Waals surface area contributed by atoms with Crippen molar-refractivity contribution in [1.82, 2.24) is 15.0 Å². The summed E-state index contributed by atoms with van der Waals surface area (Å²) in [6.45, 7) is 0. The molecule has 0 radical (unpaired) electrons. The highest BCUT2D eigenvalue weighted by molar-refractivity contribution is 5.99. The van der Waals surface area contributed by atoms with Gasteiger partial charge in [0.2, 0.25) is 0 Å². The van der Waals surface area contributed by atoms with Gasteiger partial charge in [-0.05, 0) is 30.3 Å². The maximum absolute atomic E-state index is 13.5.